The number of nitrogens with zero attached hydrogens (tertiary/aromatic N) is 2. The van der Waals surface area contributed by atoms with E-state index in [-0.39, 0.29) is 22.6 Å². The Kier molecular flexibility index (Phi) is 11.2. The quantitative estimate of drug-likeness (QED) is 0.343. The van der Waals surface area contributed by atoms with Gasteiger partial charge in [-0.05, 0) is 117 Å². The molecule has 234 valence electrons. The van der Waals surface area contributed by atoms with Crippen LogP contribution in [0, 0.1) is 23.5 Å². The van der Waals surface area contributed by atoms with Crippen LogP contribution in [-0.4, -0.2) is 83.7 Å². The molecule has 2 aliphatic rings. The van der Waals surface area contributed by atoms with Crippen LogP contribution in [0.3, 0.4) is 0 Å². The Bertz CT molecular complexity index is 1420. The molecule has 2 aromatic carbocycles. The molecular weight excluding hydrogens is 603 g/mol. The Hall–Kier alpha value is -1.90. The van der Waals surface area contributed by atoms with Crippen molar-refractivity contribution in [3.05, 3.63) is 59.7 Å². The molecule has 13 heteroatoms. The van der Waals surface area contributed by atoms with Crippen LogP contribution < -0.4 is 9.44 Å². The van der Waals surface area contributed by atoms with Gasteiger partial charge < -0.3 is 9.62 Å². The van der Waals surface area contributed by atoms with Gasteiger partial charge in [0.05, 0.1) is 4.90 Å². The van der Waals surface area contributed by atoms with Crippen molar-refractivity contribution < 1.29 is 25.6 Å². The fourth-order valence-electron chi connectivity index (χ4n) is 6.04. The van der Waals surface area contributed by atoms with Crippen molar-refractivity contribution in [2.45, 2.75) is 42.9 Å². The van der Waals surface area contributed by atoms with Crippen molar-refractivity contribution in [2.24, 2.45) is 11.8 Å². The van der Waals surface area contributed by atoms with Crippen molar-refractivity contribution in [3.63, 3.8) is 0 Å². The van der Waals surface area contributed by atoms with E-state index in [0.29, 0.717) is 30.9 Å². The molecule has 0 aliphatic carbocycles. The highest BCUT2D eigenvalue weighted by Gasteiger charge is 2.31. The fraction of sp³-hybridized carbons (Fsp3) is 0.552. The van der Waals surface area contributed by atoms with Crippen LogP contribution in [-0.2, 0) is 30.7 Å². The molecule has 3 atom stereocenters. The highest BCUT2D eigenvalue weighted by molar-refractivity contribution is 7.97. The summed E-state index contributed by atoms with van der Waals surface area (Å²) >= 11 is 0. The Morgan fingerprint density at radius 3 is 2.12 bits per heavy atom. The largest absolute Gasteiger partial charge is 0.305 e. The number of nitrogens with one attached hydrogen (secondary N) is 2. The first-order valence-corrected chi connectivity index (χ1v) is 19.4. The SMILES string of the molecule is C=S(C)(=O)N1CCC(C(CCN2CCC(CNS(=O)(=O)c3ccc(NS(C)=O)cc3)CC2)c2cc(F)cc(F)c2)CC1. The van der Waals surface area contributed by atoms with Crippen LogP contribution in [0.4, 0.5) is 14.5 Å². The third kappa shape index (κ3) is 9.30. The Balaban J connectivity index is 1.30. The minimum absolute atomic E-state index is 0.0153. The summed E-state index contributed by atoms with van der Waals surface area (Å²) in [4.78, 5) is 2.51. The number of hydrogen-bond donors (Lipinski definition) is 2. The van der Waals surface area contributed by atoms with Gasteiger partial charge in [-0.1, -0.05) is 0 Å². The lowest BCUT2D eigenvalue weighted by Gasteiger charge is -2.38. The van der Waals surface area contributed by atoms with Crippen LogP contribution in [0.15, 0.2) is 47.4 Å². The molecular formula is C29H42F2N4O4S3. The molecule has 3 unspecified atom stereocenters. The number of sulfonamides is 1. The van der Waals surface area contributed by atoms with E-state index in [2.05, 4.69) is 20.2 Å². The first-order chi connectivity index (χ1) is 19.8. The lowest BCUT2D eigenvalue weighted by Crippen LogP contribution is -2.41. The number of halogens is 2. The molecule has 8 nitrogen and oxygen atoms in total. The minimum atomic E-state index is -3.66. The Morgan fingerprint density at radius 1 is 0.976 bits per heavy atom. The summed E-state index contributed by atoms with van der Waals surface area (Å²) < 4.78 is 85.0. The van der Waals surface area contributed by atoms with Gasteiger partial charge in [0.15, 0.2) is 0 Å². The van der Waals surface area contributed by atoms with E-state index in [4.69, 9.17) is 0 Å². The van der Waals surface area contributed by atoms with Crippen LogP contribution in [0.2, 0.25) is 0 Å². The standard InChI is InChI=1S/C29H42F2N4O4S3/c1-40(36)33-27-4-6-28(7-5-27)42(38,39)32-21-22-8-13-34(14-9-22)15-12-29(24-18-25(30)20-26(31)19-24)23-10-16-35(17-11-23)41(2,3)37/h4-7,18-20,22-23,29,32-33H,2,8-17,21H2,1,3H3. The third-order valence-corrected chi connectivity index (χ3v) is 11.8. The molecule has 0 amide bonds. The smallest absolute Gasteiger partial charge is 0.240 e. The van der Waals surface area contributed by atoms with Gasteiger partial charge in [0.25, 0.3) is 0 Å². The van der Waals surface area contributed by atoms with E-state index in [0.717, 1.165) is 57.8 Å². The second-order valence-corrected chi connectivity index (χ2v) is 16.9. The molecule has 2 aliphatic heterocycles. The maximum atomic E-state index is 14.2. The van der Waals surface area contributed by atoms with Crippen LogP contribution >= 0.6 is 0 Å². The second kappa shape index (κ2) is 14.3. The summed E-state index contributed by atoms with van der Waals surface area (Å²) in [6.07, 6.45) is 7.19. The molecule has 2 N–H and O–H groups in total. The van der Waals surface area contributed by atoms with Gasteiger partial charge in [0.2, 0.25) is 10.0 Å². The molecule has 0 aromatic heterocycles. The Morgan fingerprint density at radius 2 is 1.57 bits per heavy atom. The molecule has 2 saturated heterocycles. The molecule has 0 saturated carbocycles. The molecule has 0 bridgehead atoms. The summed E-state index contributed by atoms with van der Waals surface area (Å²) in [5.74, 6) is 3.08. The van der Waals surface area contributed by atoms with E-state index in [9.17, 15) is 25.6 Å². The van der Waals surface area contributed by atoms with E-state index in [1.54, 1.807) is 18.4 Å². The van der Waals surface area contributed by atoms with E-state index in [1.165, 1.54) is 30.5 Å². The van der Waals surface area contributed by atoms with Gasteiger partial charge >= 0.3 is 0 Å². The molecule has 2 fully saturated rings. The first-order valence-electron chi connectivity index (χ1n) is 14.3. The summed E-state index contributed by atoms with van der Waals surface area (Å²) in [5, 5.41) is 0. The molecule has 0 radical (unpaired) electrons. The van der Waals surface area contributed by atoms with Gasteiger partial charge in [0.1, 0.15) is 22.6 Å². The third-order valence-electron chi connectivity index (χ3n) is 8.38. The second-order valence-electron chi connectivity index (χ2n) is 11.5. The molecule has 2 heterocycles. The molecule has 4 rings (SSSR count). The average molecular weight is 645 g/mol. The topological polar surface area (TPSA) is 98.8 Å². The minimum Gasteiger partial charge on any atom is -0.305 e. The molecule has 2 aromatic rings. The lowest BCUT2D eigenvalue weighted by atomic mass is 9.78. The van der Waals surface area contributed by atoms with Crippen LogP contribution in [0.5, 0.6) is 0 Å². The highest BCUT2D eigenvalue weighted by atomic mass is 32.2. The van der Waals surface area contributed by atoms with E-state index < -0.39 is 42.4 Å². The van der Waals surface area contributed by atoms with Crippen molar-refractivity contribution in [2.75, 3.05) is 56.5 Å². The summed E-state index contributed by atoms with van der Waals surface area (Å²) in [6, 6.07) is 9.95. The van der Waals surface area contributed by atoms with Crippen LogP contribution in [0.25, 0.3) is 0 Å². The van der Waals surface area contributed by atoms with Crippen molar-refractivity contribution in [1.29, 1.82) is 0 Å². The zero-order chi connectivity index (χ0) is 30.5. The van der Waals surface area contributed by atoms with E-state index >= 15 is 0 Å². The van der Waals surface area contributed by atoms with Gasteiger partial charge in [-0.3, -0.25) is 4.21 Å². The zero-order valence-electron chi connectivity index (χ0n) is 24.3. The van der Waals surface area contributed by atoms with Crippen molar-refractivity contribution >= 4 is 42.3 Å². The van der Waals surface area contributed by atoms with Gasteiger partial charge in [-0.15, -0.1) is 0 Å². The number of hydrogen-bond acceptors (Lipinski definition) is 5. The summed E-state index contributed by atoms with van der Waals surface area (Å²) in [7, 11) is -7.17. The van der Waals surface area contributed by atoms with Gasteiger partial charge in [-0.2, -0.15) is 0 Å². The maximum Gasteiger partial charge on any atom is 0.240 e. The number of piperidine rings is 2. The number of anilines is 1. The number of likely N-dealkylation sites (tertiary alicyclic amines) is 1. The summed E-state index contributed by atoms with van der Waals surface area (Å²) in [5.41, 5.74) is 1.26. The lowest BCUT2D eigenvalue weighted by molar-refractivity contribution is 0.167. The van der Waals surface area contributed by atoms with Crippen molar-refractivity contribution in [1.82, 2.24) is 13.9 Å². The highest BCUT2D eigenvalue weighted by Crippen LogP contribution is 2.37. The summed E-state index contributed by atoms with van der Waals surface area (Å²) in [6.45, 7) is 4.08. The molecule has 0 spiro atoms. The number of rotatable bonds is 12. The predicted octanol–water partition coefficient (Wildman–Crippen LogP) is 3.81. The fourth-order valence-corrected chi connectivity index (χ4v) is 8.61. The first kappa shape index (κ1) is 33.0. The number of benzene rings is 2. The predicted molar refractivity (Wildman–Crippen MR) is 168 cm³/mol. The van der Waals surface area contributed by atoms with E-state index in [1.807, 2.05) is 4.31 Å². The van der Waals surface area contributed by atoms with Gasteiger partial charge in [0, 0.05) is 53.6 Å². The van der Waals surface area contributed by atoms with Crippen LogP contribution in [0.1, 0.15) is 43.6 Å². The van der Waals surface area contributed by atoms with Crippen molar-refractivity contribution in [3.8, 4) is 0 Å². The average Bonchev–Trinajstić information content (AvgIpc) is 2.92. The Labute approximate surface area is 252 Å². The van der Waals surface area contributed by atoms with Gasteiger partial charge in [-0.25, -0.2) is 30.4 Å². The molecule has 42 heavy (non-hydrogen) atoms. The zero-order valence-corrected chi connectivity index (χ0v) is 26.7. The monoisotopic (exact) mass is 644 g/mol. The maximum absolute atomic E-state index is 14.2. The normalized spacial score (nSPS) is 21.0.